The average molecular weight is 352 g/mol. The molecule has 0 aromatic heterocycles. The van der Waals surface area contributed by atoms with E-state index < -0.39 is 12.0 Å². The minimum atomic E-state index is -1.09. The van der Waals surface area contributed by atoms with E-state index in [0.717, 1.165) is 12.1 Å². The molecule has 1 saturated heterocycles. The number of benzene rings is 2. The van der Waals surface area contributed by atoms with Crippen LogP contribution >= 0.6 is 0 Å². The van der Waals surface area contributed by atoms with Gasteiger partial charge in [0.1, 0.15) is 0 Å². The van der Waals surface area contributed by atoms with Crippen LogP contribution in [0, 0.1) is 0 Å². The first-order chi connectivity index (χ1) is 12.5. The Balaban J connectivity index is 1.81. The van der Waals surface area contributed by atoms with Gasteiger partial charge >= 0.3 is 5.97 Å². The minimum Gasteiger partial charge on any atom is -0.479 e. The van der Waals surface area contributed by atoms with Crippen molar-refractivity contribution in [3.63, 3.8) is 0 Å². The summed E-state index contributed by atoms with van der Waals surface area (Å²) in [5, 5.41) is 9.57. The van der Waals surface area contributed by atoms with Crippen LogP contribution in [0.25, 0.3) is 0 Å². The van der Waals surface area contributed by atoms with Gasteiger partial charge in [0, 0.05) is 31.3 Å². The van der Waals surface area contributed by atoms with E-state index >= 15 is 0 Å². The summed E-state index contributed by atoms with van der Waals surface area (Å²) in [7, 11) is 1.48. The van der Waals surface area contributed by atoms with E-state index in [2.05, 4.69) is 0 Å². The fraction of sp³-hybridized carbons (Fsp3) is 0.250. The molecule has 6 nitrogen and oxygen atoms in total. The molecule has 134 valence electrons. The van der Waals surface area contributed by atoms with Crippen molar-refractivity contribution >= 4 is 23.5 Å². The number of carbonyl (C=O) groups excluding carboxylic acids is 2. The molecule has 1 atom stereocenters. The van der Waals surface area contributed by atoms with Crippen molar-refractivity contribution in [3.05, 3.63) is 65.7 Å². The molecule has 1 unspecified atom stereocenters. The molecular weight excluding hydrogens is 332 g/mol. The van der Waals surface area contributed by atoms with Crippen LogP contribution in [0.1, 0.15) is 34.8 Å². The third-order valence-electron chi connectivity index (χ3n) is 4.56. The van der Waals surface area contributed by atoms with Crippen molar-refractivity contribution in [1.82, 2.24) is 4.90 Å². The average Bonchev–Trinajstić information content (AvgIpc) is 3.08. The van der Waals surface area contributed by atoms with Crippen LogP contribution in [0.5, 0.6) is 0 Å². The smallest absolute Gasteiger partial charge is 0.331 e. The topological polar surface area (TPSA) is 77.9 Å². The number of nitrogens with zero attached hydrogens (tertiary/aromatic N) is 2. The Bertz CT molecular complexity index is 817. The van der Waals surface area contributed by atoms with Gasteiger partial charge in [0.2, 0.25) is 5.91 Å². The van der Waals surface area contributed by atoms with Gasteiger partial charge in [0.05, 0.1) is 0 Å². The highest BCUT2D eigenvalue weighted by Gasteiger charge is 2.29. The van der Waals surface area contributed by atoms with E-state index in [1.807, 2.05) is 0 Å². The second kappa shape index (κ2) is 7.39. The van der Waals surface area contributed by atoms with Gasteiger partial charge in [0.25, 0.3) is 5.91 Å². The number of anilines is 1. The Hall–Kier alpha value is -3.15. The summed E-state index contributed by atoms with van der Waals surface area (Å²) in [5.74, 6) is -1.40. The zero-order valence-corrected chi connectivity index (χ0v) is 14.5. The number of rotatable bonds is 5. The highest BCUT2D eigenvalue weighted by atomic mass is 16.4. The van der Waals surface area contributed by atoms with Gasteiger partial charge in [-0.1, -0.05) is 30.3 Å². The second-order valence-electron chi connectivity index (χ2n) is 6.26. The molecule has 1 aliphatic rings. The molecule has 3 rings (SSSR count). The van der Waals surface area contributed by atoms with Crippen LogP contribution in [-0.4, -0.2) is 41.4 Å². The van der Waals surface area contributed by atoms with E-state index in [1.54, 1.807) is 59.5 Å². The SMILES string of the molecule is CN(C(=O)c1ccc(N2CCCC2=O)cc1)C(C(=O)O)c1ccccc1. The van der Waals surface area contributed by atoms with Gasteiger partial charge in [0.15, 0.2) is 6.04 Å². The molecule has 1 N–H and O–H groups in total. The maximum atomic E-state index is 12.7. The van der Waals surface area contributed by atoms with Gasteiger partial charge < -0.3 is 14.9 Å². The van der Waals surface area contributed by atoms with Crippen LogP contribution in [0.4, 0.5) is 5.69 Å². The van der Waals surface area contributed by atoms with Crippen molar-refractivity contribution in [2.45, 2.75) is 18.9 Å². The van der Waals surface area contributed by atoms with Crippen LogP contribution < -0.4 is 4.90 Å². The van der Waals surface area contributed by atoms with Crippen molar-refractivity contribution in [2.24, 2.45) is 0 Å². The predicted molar refractivity (Wildman–Crippen MR) is 96.9 cm³/mol. The first-order valence-electron chi connectivity index (χ1n) is 8.44. The number of carboxylic acid groups (broad SMARTS) is 1. The van der Waals surface area contributed by atoms with Gasteiger partial charge in [-0.15, -0.1) is 0 Å². The van der Waals surface area contributed by atoms with Crippen LogP contribution in [0.15, 0.2) is 54.6 Å². The maximum absolute atomic E-state index is 12.7. The summed E-state index contributed by atoms with van der Waals surface area (Å²) in [5.41, 5.74) is 1.67. The van der Waals surface area contributed by atoms with Crippen LogP contribution in [0.2, 0.25) is 0 Å². The highest BCUT2D eigenvalue weighted by molar-refractivity contribution is 5.98. The number of aliphatic carboxylic acids is 1. The highest BCUT2D eigenvalue weighted by Crippen LogP contribution is 2.24. The lowest BCUT2D eigenvalue weighted by Gasteiger charge is -2.25. The van der Waals surface area contributed by atoms with Gasteiger partial charge in [-0.3, -0.25) is 9.59 Å². The molecule has 0 aliphatic carbocycles. The van der Waals surface area contributed by atoms with E-state index in [-0.39, 0.29) is 11.8 Å². The molecule has 2 amide bonds. The van der Waals surface area contributed by atoms with E-state index in [1.165, 1.54) is 11.9 Å². The molecule has 1 fully saturated rings. The predicted octanol–water partition coefficient (Wildman–Crippen LogP) is 2.71. The van der Waals surface area contributed by atoms with E-state index in [0.29, 0.717) is 24.1 Å². The molecule has 0 spiro atoms. The third-order valence-corrected chi connectivity index (χ3v) is 4.56. The van der Waals surface area contributed by atoms with Gasteiger partial charge in [-0.2, -0.15) is 0 Å². The lowest BCUT2D eigenvalue weighted by molar-refractivity contribution is -0.142. The zero-order chi connectivity index (χ0) is 18.7. The van der Waals surface area contributed by atoms with Gasteiger partial charge in [-0.25, -0.2) is 4.79 Å². The first-order valence-corrected chi connectivity index (χ1v) is 8.44. The number of hydrogen-bond donors (Lipinski definition) is 1. The summed E-state index contributed by atoms with van der Waals surface area (Å²) >= 11 is 0. The van der Waals surface area contributed by atoms with Crippen molar-refractivity contribution in [3.8, 4) is 0 Å². The van der Waals surface area contributed by atoms with Crippen LogP contribution in [-0.2, 0) is 9.59 Å². The van der Waals surface area contributed by atoms with Crippen molar-refractivity contribution in [1.29, 1.82) is 0 Å². The molecule has 0 saturated carbocycles. The fourth-order valence-corrected chi connectivity index (χ4v) is 3.19. The van der Waals surface area contributed by atoms with Crippen LogP contribution in [0.3, 0.4) is 0 Å². The molecule has 0 bridgehead atoms. The normalized spacial score (nSPS) is 15.0. The second-order valence-corrected chi connectivity index (χ2v) is 6.26. The molecule has 1 aliphatic heterocycles. The van der Waals surface area contributed by atoms with Gasteiger partial charge in [-0.05, 0) is 36.2 Å². The number of carbonyl (C=O) groups is 3. The molecular formula is C20H20N2O4. The maximum Gasteiger partial charge on any atom is 0.331 e. The molecule has 0 radical (unpaired) electrons. The first kappa shape index (κ1) is 17.7. The quantitative estimate of drug-likeness (QED) is 0.897. The molecule has 2 aromatic carbocycles. The fourth-order valence-electron chi connectivity index (χ4n) is 3.19. The molecule has 6 heteroatoms. The Kier molecular flexibility index (Phi) is 5.02. The Morgan fingerprint density at radius 3 is 2.27 bits per heavy atom. The molecule has 26 heavy (non-hydrogen) atoms. The largest absolute Gasteiger partial charge is 0.479 e. The lowest BCUT2D eigenvalue weighted by atomic mass is 10.0. The molecule has 2 aromatic rings. The standard InChI is InChI=1S/C20H20N2O4/c1-21(18(20(25)26)14-6-3-2-4-7-14)19(24)15-9-11-16(12-10-15)22-13-5-8-17(22)23/h2-4,6-7,9-12,18H,5,8,13H2,1H3,(H,25,26). The lowest BCUT2D eigenvalue weighted by Crippen LogP contribution is -2.35. The van der Waals surface area contributed by atoms with Crippen molar-refractivity contribution in [2.75, 3.05) is 18.5 Å². The van der Waals surface area contributed by atoms with E-state index in [4.69, 9.17) is 0 Å². The Labute approximate surface area is 151 Å². The summed E-state index contributed by atoms with van der Waals surface area (Å²) in [6, 6.07) is 14.3. The number of carboxylic acids is 1. The summed E-state index contributed by atoms with van der Waals surface area (Å²) in [4.78, 5) is 39.2. The Morgan fingerprint density at radius 2 is 1.73 bits per heavy atom. The minimum absolute atomic E-state index is 0.0798. The number of amides is 2. The summed E-state index contributed by atoms with van der Waals surface area (Å²) in [6.07, 6.45) is 1.38. The van der Waals surface area contributed by atoms with E-state index in [9.17, 15) is 19.5 Å². The number of hydrogen-bond acceptors (Lipinski definition) is 3. The third kappa shape index (κ3) is 3.44. The molecule has 1 heterocycles. The monoisotopic (exact) mass is 352 g/mol. The Morgan fingerprint density at radius 1 is 1.08 bits per heavy atom. The van der Waals surface area contributed by atoms with Crippen molar-refractivity contribution < 1.29 is 19.5 Å². The zero-order valence-electron chi connectivity index (χ0n) is 14.5. The summed E-state index contributed by atoms with van der Waals surface area (Å²) < 4.78 is 0. The number of likely N-dealkylation sites (N-methyl/N-ethyl adjacent to an activating group) is 1. The summed E-state index contributed by atoms with van der Waals surface area (Å²) in [6.45, 7) is 0.682.